The van der Waals surface area contributed by atoms with E-state index >= 15 is 0 Å². The van der Waals surface area contributed by atoms with Gasteiger partial charge in [-0.25, -0.2) is 0 Å². The predicted octanol–water partition coefficient (Wildman–Crippen LogP) is 0.550. The molecule has 1 saturated heterocycles. The van der Waals surface area contributed by atoms with Gasteiger partial charge in [0, 0.05) is 19.0 Å². The Bertz CT molecular complexity index is 297. The number of hydrogen-bond donors (Lipinski definition) is 3. The SMILES string of the molecule is CC(C)NC(=O)CCNC(=O)C1(C)CCCCN1. The second-order valence-electron chi connectivity index (χ2n) is 5.44. The summed E-state index contributed by atoms with van der Waals surface area (Å²) in [5.41, 5.74) is -0.466. The molecular formula is C13H25N3O2. The summed E-state index contributed by atoms with van der Waals surface area (Å²) >= 11 is 0. The standard InChI is InChI=1S/C13H25N3O2/c1-10(2)16-11(17)6-9-14-12(18)13(3)7-4-5-8-15-13/h10,15H,4-9H2,1-3H3,(H,14,18)(H,16,17). The van der Waals surface area contributed by atoms with Gasteiger partial charge in [0.15, 0.2) is 0 Å². The molecule has 5 nitrogen and oxygen atoms in total. The monoisotopic (exact) mass is 255 g/mol. The average molecular weight is 255 g/mol. The lowest BCUT2D eigenvalue weighted by Gasteiger charge is -2.33. The van der Waals surface area contributed by atoms with Gasteiger partial charge in [0.05, 0.1) is 5.54 Å². The maximum absolute atomic E-state index is 12.0. The highest BCUT2D eigenvalue weighted by Gasteiger charge is 2.33. The molecule has 3 N–H and O–H groups in total. The van der Waals surface area contributed by atoms with Crippen molar-refractivity contribution in [3.63, 3.8) is 0 Å². The van der Waals surface area contributed by atoms with Crippen LogP contribution in [0.4, 0.5) is 0 Å². The zero-order valence-corrected chi connectivity index (χ0v) is 11.6. The highest BCUT2D eigenvalue weighted by atomic mass is 16.2. The molecule has 0 aliphatic carbocycles. The summed E-state index contributed by atoms with van der Waals surface area (Å²) in [4.78, 5) is 23.4. The van der Waals surface area contributed by atoms with Gasteiger partial charge in [-0.15, -0.1) is 0 Å². The minimum atomic E-state index is -0.466. The predicted molar refractivity (Wildman–Crippen MR) is 71.2 cm³/mol. The summed E-state index contributed by atoms with van der Waals surface area (Å²) in [6.07, 6.45) is 3.39. The van der Waals surface area contributed by atoms with Gasteiger partial charge in [-0.05, 0) is 46.6 Å². The maximum Gasteiger partial charge on any atom is 0.240 e. The Hall–Kier alpha value is -1.10. The van der Waals surface area contributed by atoms with E-state index in [4.69, 9.17) is 0 Å². The molecule has 1 heterocycles. The normalized spacial score (nSPS) is 23.8. The van der Waals surface area contributed by atoms with Gasteiger partial charge in [-0.1, -0.05) is 0 Å². The molecule has 18 heavy (non-hydrogen) atoms. The number of carbonyl (C=O) groups is 2. The van der Waals surface area contributed by atoms with Crippen LogP contribution in [0.1, 0.15) is 46.5 Å². The summed E-state index contributed by atoms with van der Waals surface area (Å²) in [6, 6.07) is 0.144. The van der Waals surface area contributed by atoms with Crippen LogP contribution in [-0.2, 0) is 9.59 Å². The first-order valence-corrected chi connectivity index (χ1v) is 6.77. The fourth-order valence-corrected chi connectivity index (χ4v) is 2.13. The molecule has 104 valence electrons. The third-order valence-electron chi connectivity index (χ3n) is 3.21. The van der Waals surface area contributed by atoms with Crippen LogP contribution in [0, 0.1) is 0 Å². The minimum absolute atomic E-state index is 0.000420. The molecule has 1 aliphatic rings. The first-order chi connectivity index (χ1) is 8.44. The molecule has 1 aliphatic heterocycles. The first kappa shape index (κ1) is 15.0. The van der Waals surface area contributed by atoms with Gasteiger partial charge < -0.3 is 16.0 Å². The van der Waals surface area contributed by atoms with E-state index in [0.29, 0.717) is 13.0 Å². The molecule has 0 saturated carbocycles. The fraction of sp³-hybridized carbons (Fsp3) is 0.846. The molecule has 1 fully saturated rings. The number of amides is 2. The molecule has 1 unspecified atom stereocenters. The van der Waals surface area contributed by atoms with Crippen LogP contribution in [0.3, 0.4) is 0 Å². The largest absolute Gasteiger partial charge is 0.354 e. The third kappa shape index (κ3) is 4.64. The number of nitrogens with one attached hydrogen (secondary N) is 3. The summed E-state index contributed by atoms with van der Waals surface area (Å²) in [7, 11) is 0. The van der Waals surface area contributed by atoms with Crippen LogP contribution in [0.2, 0.25) is 0 Å². The van der Waals surface area contributed by atoms with E-state index in [1.54, 1.807) is 0 Å². The summed E-state index contributed by atoms with van der Waals surface area (Å²) in [6.45, 7) is 7.05. The molecule has 1 rings (SSSR count). The van der Waals surface area contributed by atoms with Crippen molar-refractivity contribution in [1.29, 1.82) is 0 Å². The summed E-state index contributed by atoms with van der Waals surface area (Å²) in [5, 5.41) is 8.89. The van der Waals surface area contributed by atoms with Crippen LogP contribution in [-0.4, -0.2) is 36.5 Å². The van der Waals surface area contributed by atoms with Crippen molar-refractivity contribution >= 4 is 11.8 Å². The molecule has 0 bridgehead atoms. The Balaban J connectivity index is 2.26. The maximum atomic E-state index is 12.0. The first-order valence-electron chi connectivity index (χ1n) is 6.77. The highest BCUT2D eigenvalue weighted by molar-refractivity contribution is 5.86. The van der Waals surface area contributed by atoms with Crippen molar-refractivity contribution in [3.8, 4) is 0 Å². The Morgan fingerprint density at radius 1 is 1.33 bits per heavy atom. The highest BCUT2D eigenvalue weighted by Crippen LogP contribution is 2.18. The second-order valence-corrected chi connectivity index (χ2v) is 5.44. The van der Waals surface area contributed by atoms with Crippen molar-refractivity contribution in [2.75, 3.05) is 13.1 Å². The molecular weight excluding hydrogens is 230 g/mol. The summed E-state index contributed by atoms with van der Waals surface area (Å²) in [5.74, 6) is -0.0217. The van der Waals surface area contributed by atoms with Crippen LogP contribution in [0.5, 0.6) is 0 Å². The van der Waals surface area contributed by atoms with Gasteiger partial charge in [0.25, 0.3) is 0 Å². The Morgan fingerprint density at radius 3 is 2.61 bits per heavy atom. The number of hydrogen-bond acceptors (Lipinski definition) is 3. The summed E-state index contributed by atoms with van der Waals surface area (Å²) < 4.78 is 0. The van der Waals surface area contributed by atoms with Crippen LogP contribution >= 0.6 is 0 Å². The van der Waals surface area contributed by atoms with E-state index in [2.05, 4.69) is 16.0 Å². The molecule has 5 heteroatoms. The average Bonchev–Trinajstić information content (AvgIpc) is 2.28. The lowest BCUT2D eigenvalue weighted by atomic mass is 9.90. The number of piperidine rings is 1. The van der Waals surface area contributed by atoms with Crippen molar-refractivity contribution in [2.24, 2.45) is 0 Å². The lowest BCUT2D eigenvalue weighted by Crippen LogP contribution is -2.57. The van der Waals surface area contributed by atoms with E-state index in [9.17, 15) is 9.59 Å². The van der Waals surface area contributed by atoms with Gasteiger partial charge in [-0.2, -0.15) is 0 Å². The smallest absolute Gasteiger partial charge is 0.240 e. The van der Waals surface area contributed by atoms with Gasteiger partial charge in [-0.3, -0.25) is 9.59 Å². The number of rotatable bonds is 5. The molecule has 0 aromatic carbocycles. The van der Waals surface area contributed by atoms with E-state index in [0.717, 1.165) is 25.8 Å². The molecule has 0 aromatic heterocycles. The second kappa shape index (κ2) is 6.73. The van der Waals surface area contributed by atoms with Crippen molar-refractivity contribution in [3.05, 3.63) is 0 Å². The third-order valence-corrected chi connectivity index (χ3v) is 3.21. The van der Waals surface area contributed by atoms with E-state index < -0.39 is 5.54 Å². The van der Waals surface area contributed by atoms with Crippen molar-refractivity contribution in [2.45, 2.75) is 58.0 Å². The molecule has 1 atom stereocenters. The van der Waals surface area contributed by atoms with E-state index in [1.165, 1.54) is 0 Å². The topological polar surface area (TPSA) is 70.2 Å². The van der Waals surface area contributed by atoms with Gasteiger partial charge in [0.1, 0.15) is 0 Å². The van der Waals surface area contributed by atoms with Crippen LogP contribution < -0.4 is 16.0 Å². The van der Waals surface area contributed by atoms with Gasteiger partial charge >= 0.3 is 0 Å². The molecule has 0 spiro atoms. The zero-order chi connectivity index (χ0) is 13.6. The quantitative estimate of drug-likeness (QED) is 0.672. The Kier molecular flexibility index (Phi) is 5.59. The Labute approximate surface area is 109 Å². The van der Waals surface area contributed by atoms with E-state index in [-0.39, 0.29) is 17.9 Å². The van der Waals surface area contributed by atoms with Crippen molar-refractivity contribution in [1.82, 2.24) is 16.0 Å². The van der Waals surface area contributed by atoms with Crippen LogP contribution in [0.15, 0.2) is 0 Å². The van der Waals surface area contributed by atoms with Gasteiger partial charge in [0.2, 0.25) is 11.8 Å². The molecule has 0 radical (unpaired) electrons. The van der Waals surface area contributed by atoms with Crippen molar-refractivity contribution < 1.29 is 9.59 Å². The minimum Gasteiger partial charge on any atom is -0.354 e. The fourth-order valence-electron chi connectivity index (χ4n) is 2.13. The lowest BCUT2D eigenvalue weighted by molar-refractivity contribution is -0.128. The Morgan fingerprint density at radius 2 is 2.06 bits per heavy atom. The number of carbonyl (C=O) groups excluding carboxylic acids is 2. The zero-order valence-electron chi connectivity index (χ0n) is 11.6. The molecule has 2 amide bonds. The van der Waals surface area contributed by atoms with E-state index in [1.807, 2.05) is 20.8 Å². The molecule has 0 aromatic rings. The van der Waals surface area contributed by atoms with Crippen LogP contribution in [0.25, 0.3) is 0 Å².